The highest BCUT2D eigenvalue weighted by molar-refractivity contribution is 5.96. The molecule has 110 valence electrons. The highest BCUT2D eigenvalue weighted by atomic mass is 16.6. The SMILES string of the molecule is CC(=NOCc1c(C)ccc2ccccc12)c1ccccn1. The second-order valence-electron chi connectivity index (χ2n) is 5.25. The van der Waals surface area contributed by atoms with E-state index in [9.17, 15) is 0 Å². The van der Waals surface area contributed by atoms with Crippen LogP contribution in [0.2, 0.25) is 0 Å². The standard InChI is InChI=1S/C19H18N2O/c1-14-10-11-16-7-3-4-8-17(16)18(14)13-22-21-15(2)19-9-5-6-12-20-19/h3-12H,13H2,1-2H3. The Labute approximate surface area is 130 Å². The van der Waals surface area contributed by atoms with E-state index in [0.29, 0.717) is 6.61 Å². The van der Waals surface area contributed by atoms with Crippen molar-refractivity contribution in [2.24, 2.45) is 5.16 Å². The van der Waals surface area contributed by atoms with Gasteiger partial charge >= 0.3 is 0 Å². The third-order valence-corrected chi connectivity index (χ3v) is 3.72. The van der Waals surface area contributed by atoms with Gasteiger partial charge in [-0.3, -0.25) is 4.98 Å². The third kappa shape index (κ3) is 2.98. The first kappa shape index (κ1) is 14.3. The molecule has 22 heavy (non-hydrogen) atoms. The number of fused-ring (bicyclic) bond motifs is 1. The van der Waals surface area contributed by atoms with E-state index < -0.39 is 0 Å². The van der Waals surface area contributed by atoms with Crippen molar-refractivity contribution in [3.05, 3.63) is 77.6 Å². The molecule has 2 aromatic carbocycles. The van der Waals surface area contributed by atoms with Crippen LogP contribution in [0.15, 0.2) is 65.9 Å². The fourth-order valence-electron chi connectivity index (χ4n) is 2.45. The Balaban J connectivity index is 1.81. The molecule has 0 bridgehead atoms. The monoisotopic (exact) mass is 290 g/mol. The molecule has 0 aliphatic heterocycles. The number of hydrogen-bond donors (Lipinski definition) is 0. The number of oxime groups is 1. The molecule has 0 atom stereocenters. The quantitative estimate of drug-likeness (QED) is 0.524. The molecule has 0 aliphatic carbocycles. The predicted molar refractivity (Wildman–Crippen MR) is 89.9 cm³/mol. The van der Waals surface area contributed by atoms with Gasteiger partial charge in [0.05, 0.1) is 5.69 Å². The second-order valence-corrected chi connectivity index (χ2v) is 5.25. The van der Waals surface area contributed by atoms with Crippen molar-refractivity contribution in [3.8, 4) is 0 Å². The minimum absolute atomic E-state index is 0.456. The van der Waals surface area contributed by atoms with Gasteiger partial charge in [-0.25, -0.2) is 0 Å². The lowest BCUT2D eigenvalue weighted by Crippen LogP contribution is -2.00. The molecule has 0 saturated carbocycles. The maximum absolute atomic E-state index is 5.57. The van der Waals surface area contributed by atoms with Crippen LogP contribution in [0.4, 0.5) is 0 Å². The first-order chi connectivity index (χ1) is 10.8. The fourth-order valence-corrected chi connectivity index (χ4v) is 2.45. The highest BCUT2D eigenvalue weighted by Gasteiger charge is 2.05. The van der Waals surface area contributed by atoms with Gasteiger partial charge < -0.3 is 4.84 Å². The molecule has 0 amide bonds. The van der Waals surface area contributed by atoms with Crippen LogP contribution in [-0.4, -0.2) is 10.7 Å². The van der Waals surface area contributed by atoms with E-state index >= 15 is 0 Å². The van der Waals surface area contributed by atoms with E-state index in [0.717, 1.165) is 11.4 Å². The second kappa shape index (κ2) is 6.39. The zero-order valence-corrected chi connectivity index (χ0v) is 12.8. The summed E-state index contributed by atoms with van der Waals surface area (Å²) in [5, 5.41) is 6.63. The van der Waals surface area contributed by atoms with Gasteiger partial charge in [-0.1, -0.05) is 47.6 Å². The minimum atomic E-state index is 0.456. The van der Waals surface area contributed by atoms with Crippen molar-refractivity contribution in [2.45, 2.75) is 20.5 Å². The van der Waals surface area contributed by atoms with E-state index in [1.54, 1.807) is 6.20 Å². The third-order valence-electron chi connectivity index (χ3n) is 3.72. The lowest BCUT2D eigenvalue weighted by molar-refractivity contribution is 0.131. The van der Waals surface area contributed by atoms with Gasteiger partial charge in [0, 0.05) is 11.8 Å². The Bertz CT molecular complexity index is 810. The molecule has 0 fully saturated rings. The molecule has 0 aliphatic rings. The number of aromatic nitrogens is 1. The van der Waals surface area contributed by atoms with Gasteiger partial charge in [0.1, 0.15) is 12.3 Å². The normalized spacial score (nSPS) is 11.6. The Morgan fingerprint density at radius 2 is 1.86 bits per heavy atom. The number of aryl methyl sites for hydroxylation is 1. The van der Waals surface area contributed by atoms with Gasteiger partial charge in [-0.15, -0.1) is 0 Å². The molecule has 0 saturated heterocycles. The van der Waals surface area contributed by atoms with Crippen LogP contribution in [-0.2, 0) is 11.4 Å². The van der Waals surface area contributed by atoms with Crippen molar-refractivity contribution in [3.63, 3.8) is 0 Å². The average Bonchev–Trinajstić information content (AvgIpc) is 2.57. The molecule has 1 aromatic heterocycles. The van der Waals surface area contributed by atoms with E-state index in [2.05, 4.69) is 41.3 Å². The average molecular weight is 290 g/mol. The van der Waals surface area contributed by atoms with Crippen LogP contribution in [0.5, 0.6) is 0 Å². The van der Waals surface area contributed by atoms with Crippen LogP contribution in [0, 0.1) is 6.92 Å². The molecular formula is C19H18N2O. The van der Waals surface area contributed by atoms with Gasteiger partial charge in [0.2, 0.25) is 0 Å². The van der Waals surface area contributed by atoms with Crippen LogP contribution in [0.3, 0.4) is 0 Å². The molecule has 3 rings (SSSR count). The summed E-state index contributed by atoms with van der Waals surface area (Å²) in [5.74, 6) is 0. The lowest BCUT2D eigenvalue weighted by atomic mass is 10.0. The number of rotatable bonds is 4. The molecule has 3 aromatic rings. The van der Waals surface area contributed by atoms with Gasteiger partial charge in [-0.05, 0) is 42.3 Å². The molecule has 3 heteroatoms. The topological polar surface area (TPSA) is 34.5 Å². The van der Waals surface area contributed by atoms with Crippen LogP contribution < -0.4 is 0 Å². The number of pyridine rings is 1. The molecule has 3 nitrogen and oxygen atoms in total. The summed E-state index contributed by atoms with van der Waals surface area (Å²) in [6, 6.07) is 18.3. The van der Waals surface area contributed by atoms with Crippen LogP contribution in [0.1, 0.15) is 23.7 Å². The molecule has 1 heterocycles. The van der Waals surface area contributed by atoms with Crippen LogP contribution in [0.25, 0.3) is 10.8 Å². The number of nitrogens with zero attached hydrogens (tertiary/aromatic N) is 2. The van der Waals surface area contributed by atoms with E-state index in [4.69, 9.17) is 4.84 Å². The maximum atomic E-state index is 5.57. The highest BCUT2D eigenvalue weighted by Crippen LogP contribution is 2.22. The summed E-state index contributed by atoms with van der Waals surface area (Å²) >= 11 is 0. The summed E-state index contributed by atoms with van der Waals surface area (Å²) in [7, 11) is 0. The molecule has 0 radical (unpaired) electrons. The Morgan fingerprint density at radius 3 is 2.68 bits per heavy atom. The molecule has 0 unspecified atom stereocenters. The molecule has 0 spiro atoms. The number of hydrogen-bond acceptors (Lipinski definition) is 3. The number of benzene rings is 2. The van der Waals surface area contributed by atoms with E-state index in [-0.39, 0.29) is 0 Å². The largest absolute Gasteiger partial charge is 0.391 e. The van der Waals surface area contributed by atoms with Crippen molar-refractivity contribution in [1.82, 2.24) is 4.98 Å². The first-order valence-electron chi connectivity index (χ1n) is 7.31. The molecular weight excluding hydrogens is 272 g/mol. The minimum Gasteiger partial charge on any atom is -0.391 e. The van der Waals surface area contributed by atoms with Crippen molar-refractivity contribution >= 4 is 16.5 Å². The summed E-state index contributed by atoms with van der Waals surface area (Å²) in [6.45, 7) is 4.45. The van der Waals surface area contributed by atoms with Gasteiger partial charge in [-0.2, -0.15) is 0 Å². The maximum Gasteiger partial charge on any atom is 0.143 e. The van der Waals surface area contributed by atoms with E-state index in [1.807, 2.05) is 37.3 Å². The zero-order chi connectivity index (χ0) is 15.4. The summed E-state index contributed by atoms with van der Waals surface area (Å²) < 4.78 is 0. The summed E-state index contributed by atoms with van der Waals surface area (Å²) in [6.07, 6.45) is 1.75. The summed E-state index contributed by atoms with van der Waals surface area (Å²) in [4.78, 5) is 9.83. The van der Waals surface area contributed by atoms with E-state index in [1.165, 1.54) is 21.9 Å². The first-order valence-corrected chi connectivity index (χ1v) is 7.31. The van der Waals surface area contributed by atoms with Crippen molar-refractivity contribution in [2.75, 3.05) is 0 Å². The predicted octanol–water partition coefficient (Wildman–Crippen LogP) is 4.48. The Kier molecular flexibility index (Phi) is 4.15. The van der Waals surface area contributed by atoms with Crippen LogP contribution >= 0.6 is 0 Å². The van der Waals surface area contributed by atoms with Gasteiger partial charge in [0.15, 0.2) is 0 Å². The summed E-state index contributed by atoms with van der Waals surface area (Å²) in [5.41, 5.74) is 4.00. The smallest absolute Gasteiger partial charge is 0.143 e. The Morgan fingerprint density at radius 1 is 1.05 bits per heavy atom. The van der Waals surface area contributed by atoms with Gasteiger partial charge in [0.25, 0.3) is 0 Å². The fraction of sp³-hybridized carbons (Fsp3) is 0.158. The Hall–Kier alpha value is -2.68. The van der Waals surface area contributed by atoms with Crippen molar-refractivity contribution in [1.29, 1.82) is 0 Å². The molecule has 0 N–H and O–H groups in total. The van der Waals surface area contributed by atoms with Crippen molar-refractivity contribution < 1.29 is 4.84 Å². The zero-order valence-electron chi connectivity index (χ0n) is 12.8. The lowest BCUT2D eigenvalue weighted by Gasteiger charge is -2.09.